The quantitative estimate of drug-likeness (QED) is 0.571. The van der Waals surface area contributed by atoms with Crippen molar-refractivity contribution in [3.63, 3.8) is 0 Å². The summed E-state index contributed by atoms with van der Waals surface area (Å²) in [4.78, 5) is 33.1. The van der Waals surface area contributed by atoms with Gasteiger partial charge in [0.1, 0.15) is 18.4 Å². The van der Waals surface area contributed by atoms with E-state index in [1.54, 1.807) is 18.1 Å². The Morgan fingerprint density at radius 3 is 2.19 bits per heavy atom. The third-order valence-electron chi connectivity index (χ3n) is 5.72. The minimum absolute atomic E-state index is 0.00244. The Morgan fingerprint density at radius 2 is 1.56 bits per heavy atom. The largest absolute Gasteiger partial charge is 0.497 e. The second kappa shape index (κ2) is 10.1. The highest BCUT2D eigenvalue weighted by Crippen LogP contribution is 2.15. The van der Waals surface area contributed by atoms with Gasteiger partial charge in [-0.25, -0.2) is 9.67 Å². The van der Waals surface area contributed by atoms with Crippen LogP contribution in [0.1, 0.15) is 27.9 Å². The summed E-state index contributed by atoms with van der Waals surface area (Å²) in [5.41, 5.74) is 2.83. The van der Waals surface area contributed by atoms with Gasteiger partial charge in [-0.2, -0.15) is 5.10 Å². The standard InChI is InChI=1S/C24H27N5O3/c1-32-22-9-4-19(5-10-22)6-11-23(30)27-12-14-28(15-13-27)24(31)21-7-2-20(3-8-21)16-29-18-25-17-26-29/h2-5,7-10,17-18H,6,11-16H2,1H3. The van der Waals surface area contributed by atoms with Gasteiger partial charge >= 0.3 is 0 Å². The average Bonchev–Trinajstić information content (AvgIpc) is 3.36. The van der Waals surface area contributed by atoms with Crippen molar-refractivity contribution in [1.29, 1.82) is 0 Å². The zero-order valence-corrected chi connectivity index (χ0v) is 18.2. The smallest absolute Gasteiger partial charge is 0.253 e. The summed E-state index contributed by atoms with van der Waals surface area (Å²) >= 11 is 0. The summed E-state index contributed by atoms with van der Waals surface area (Å²) in [7, 11) is 1.64. The van der Waals surface area contributed by atoms with Crippen molar-refractivity contribution in [3.05, 3.63) is 77.9 Å². The normalized spacial score (nSPS) is 13.8. The van der Waals surface area contributed by atoms with Gasteiger partial charge in [0.25, 0.3) is 5.91 Å². The van der Waals surface area contributed by atoms with Gasteiger partial charge in [-0.05, 0) is 41.8 Å². The van der Waals surface area contributed by atoms with Crippen molar-refractivity contribution in [2.24, 2.45) is 0 Å². The third kappa shape index (κ3) is 5.32. The molecular weight excluding hydrogens is 406 g/mol. The second-order valence-corrected chi connectivity index (χ2v) is 7.81. The number of aryl methyl sites for hydroxylation is 1. The molecule has 0 radical (unpaired) electrons. The van der Waals surface area contributed by atoms with Crippen molar-refractivity contribution in [1.82, 2.24) is 24.6 Å². The van der Waals surface area contributed by atoms with Crippen LogP contribution in [0.25, 0.3) is 0 Å². The molecule has 8 nitrogen and oxygen atoms in total. The van der Waals surface area contributed by atoms with Crippen LogP contribution in [0.4, 0.5) is 0 Å². The number of benzene rings is 2. The lowest BCUT2D eigenvalue weighted by atomic mass is 10.1. The van der Waals surface area contributed by atoms with Crippen LogP contribution in [0.5, 0.6) is 5.75 Å². The summed E-state index contributed by atoms with van der Waals surface area (Å²) in [5.74, 6) is 0.943. The van der Waals surface area contributed by atoms with Crippen LogP contribution in [-0.2, 0) is 17.8 Å². The van der Waals surface area contributed by atoms with Gasteiger partial charge in [-0.1, -0.05) is 24.3 Å². The van der Waals surface area contributed by atoms with E-state index in [9.17, 15) is 9.59 Å². The molecule has 0 aliphatic carbocycles. The zero-order chi connectivity index (χ0) is 22.3. The molecule has 8 heteroatoms. The minimum Gasteiger partial charge on any atom is -0.497 e. The third-order valence-corrected chi connectivity index (χ3v) is 5.72. The molecule has 4 rings (SSSR count). The Labute approximate surface area is 187 Å². The SMILES string of the molecule is COc1ccc(CCC(=O)N2CCN(C(=O)c3ccc(Cn4cncn4)cc3)CC2)cc1. The maximum atomic E-state index is 12.9. The van der Waals surface area contributed by atoms with E-state index in [-0.39, 0.29) is 11.8 Å². The first-order chi connectivity index (χ1) is 15.6. The van der Waals surface area contributed by atoms with Crippen molar-refractivity contribution in [2.45, 2.75) is 19.4 Å². The van der Waals surface area contributed by atoms with Gasteiger partial charge < -0.3 is 14.5 Å². The van der Waals surface area contributed by atoms with Crippen molar-refractivity contribution >= 4 is 11.8 Å². The number of hydrogen-bond acceptors (Lipinski definition) is 5. The molecule has 1 saturated heterocycles. The van der Waals surface area contributed by atoms with E-state index in [0.717, 1.165) is 16.9 Å². The second-order valence-electron chi connectivity index (χ2n) is 7.81. The van der Waals surface area contributed by atoms with Crippen LogP contribution in [0.3, 0.4) is 0 Å². The summed E-state index contributed by atoms with van der Waals surface area (Å²) < 4.78 is 6.90. The van der Waals surface area contributed by atoms with Crippen molar-refractivity contribution < 1.29 is 14.3 Å². The van der Waals surface area contributed by atoms with E-state index in [2.05, 4.69) is 10.1 Å². The first-order valence-corrected chi connectivity index (χ1v) is 10.7. The fraction of sp³-hybridized carbons (Fsp3) is 0.333. The molecule has 3 aromatic rings. The molecule has 2 aromatic carbocycles. The minimum atomic E-state index is 0.00244. The molecule has 2 amide bonds. The maximum Gasteiger partial charge on any atom is 0.253 e. The lowest BCUT2D eigenvalue weighted by Gasteiger charge is -2.35. The molecule has 2 heterocycles. The first-order valence-electron chi connectivity index (χ1n) is 10.7. The number of piperazine rings is 1. The van der Waals surface area contributed by atoms with E-state index < -0.39 is 0 Å². The summed E-state index contributed by atoms with van der Waals surface area (Å²) in [6, 6.07) is 15.4. The molecule has 0 bridgehead atoms. The Bertz CT molecular complexity index is 1020. The number of methoxy groups -OCH3 is 1. The van der Waals surface area contributed by atoms with Crippen LogP contribution < -0.4 is 4.74 Å². The zero-order valence-electron chi connectivity index (χ0n) is 18.2. The average molecular weight is 434 g/mol. The summed E-state index contributed by atoms with van der Waals surface area (Å²) in [6.07, 6.45) is 4.33. The maximum absolute atomic E-state index is 12.9. The number of ether oxygens (including phenoxy) is 1. The van der Waals surface area contributed by atoms with Crippen molar-refractivity contribution in [2.75, 3.05) is 33.3 Å². The number of aromatic nitrogens is 3. The van der Waals surface area contributed by atoms with Gasteiger partial charge in [0.2, 0.25) is 5.91 Å². The molecule has 1 aliphatic rings. The molecular formula is C24H27N5O3. The van der Waals surface area contributed by atoms with Crippen molar-refractivity contribution in [3.8, 4) is 5.75 Å². The predicted molar refractivity (Wildman–Crippen MR) is 119 cm³/mol. The fourth-order valence-corrected chi connectivity index (χ4v) is 3.80. The predicted octanol–water partition coefficient (Wildman–Crippen LogP) is 2.25. The molecule has 0 saturated carbocycles. The Balaban J connectivity index is 1.24. The van der Waals surface area contributed by atoms with Crippen LogP contribution in [0, 0.1) is 0 Å². The van der Waals surface area contributed by atoms with Gasteiger partial charge in [0.15, 0.2) is 0 Å². The van der Waals surface area contributed by atoms with Crippen LogP contribution in [0.2, 0.25) is 0 Å². The van der Waals surface area contributed by atoms with E-state index in [1.807, 2.05) is 58.3 Å². The lowest BCUT2D eigenvalue weighted by molar-refractivity contribution is -0.132. The molecule has 1 aromatic heterocycles. The Morgan fingerprint density at radius 1 is 0.906 bits per heavy atom. The molecule has 1 aliphatic heterocycles. The molecule has 0 N–H and O–H groups in total. The highest BCUT2D eigenvalue weighted by molar-refractivity contribution is 5.94. The lowest BCUT2D eigenvalue weighted by Crippen LogP contribution is -2.50. The highest BCUT2D eigenvalue weighted by Gasteiger charge is 2.24. The van der Waals surface area contributed by atoms with E-state index >= 15 is 0 Å². The number of hydrogen-bond donors (Lipinski definition) is 0. The monoisotopic (exact) mass is 433 g/mol. The molecule has 0 spiro atoms. The molecule has 32 heavy (non-hydrogen) atoms. The molecule has 0 unspecified atom stereocenters. The van der Waals surface area contributed by atoms with Gasteiger partial charge in [-0.15, -0.1) is 0 Å². The first kappa shape index (κ1) is 21.5. The summed E-state index contributed by atoms with van der Waals surface area (Å²) in [5, 5.41) is 4.09. The molecule has 166 valence electrons. The van der Waals surface area contributed by atoms with Gasteiger partial charge in [0.05, 0.1) is 13.7 Å². The van der Waals surface area contributed by atoms with Gasteiger partial charge in [-0.3, -0.25) is 9.59 Å². The molecule has 0 atom stereocenters. The number of carbonyl (C=O) groups is 2. The van der Waals surface area contributed by atoms with Gasteiger partial charge in [0, 0.05) is 38.2 Å². The highest BCUT2D eigenvalue weighted by atomic mass is 16.5. The van der Waals surface area contributed by atoms with Crippen LogP contribution in [0.15, 0.2) is 61.2 Å². The Hall–Kier alpha value is -3.68. The van der Waals surface area contributed by atoms with Crippen LogP contribution in [-0.4, -0.2) is 69.7 Å². The fourth-order valence-electron chi connectivity index (χ4n) is 3.80. The topological polar surface area (TPSA) is 80.6 Å². The number of carbonyl (C=O) groups excluding carboxylic acids is 2. The van der Waals surface area contributed by atoms with E-state index in [4.69, 9.17) is 4.74 Å². The Kier molecular flexibility index (Phi) is 6.79. The van der Waals surface area contributed by atoms with E-state index in [1.165, 1.54) is 6.33 Å². The van der Waals surface area contributed by atoms with E-state index in [0.29, 0.717) is 51.1 Å². The van der Waals surface area contributed by atoms with Crippen LogP contribution >= 0.6 is 0 Å². The molecule has 1 fully saturated rings. The number of rotatable bonds is 7. The number of amides is 2. The summed E-state index contributed by atoms with van der Waals surface area (Å²) in [6.45, 7) is 2.85. The number of nitrogens with zero attached hydrogens (tertiary/aromatic N) is 5.